The van der Waals surface area contributed by atoms with Crippen LogP contribution in [0.2, 0.25) is 0 Å². The Morgan fingerprint density at radius 2 is 2.00 bits per heavy atom. The van der Waals surface area contributed by atoms with Gasteiger partial charge in [0, 0.05) is 16.6 Å². The van der Waals surface area contributed by atoms with Gasteiger partial charge in [0.1, 0.15) is 5.75 Å². The average Bonchev–Trinajstić information content (AvgIpc) is 2.47. The lowest BCUT2D eigenvalue weighted by molar-refractivity contribution is 0.0954. The van der Waals surface area contributed by atoms with Crippen molar-refractivity contribution in [1.29, 1.82) is 0 Å². The van der Waals surface area contributed by atoms with Crippen LogP contribution in [0.15, 0.2) is 53.0 Å². The fourth-order valence-corrected chi connectivity index (χ4v) is 2.28. The molecule has 104 valence electrons. The zero-order valence-corrected chi connectivity index (χ0v) is 12.8. The van der Waals surface area contributed by atoms with E-state index in [4.69, 9.17) is 4.74 Å². The van der Waals surface area contributed by atoms with E-state index < -0.39 is 0 Å². The number of hydrogen-bond donors (Lipinski definition) is 1. The van der Waals surface area contributed by atoms with Crippen LogP contribution in [-0.4, -0.2) is 19.6 Å². The number of carbonyl (C=O) groups excluding carboxylic acids is 1. The minimum Gasteiger partial charge on any atom is -0.497 e. The number of benzene rings is 2. The summed E-state index contributed by atoms with van der Waals surface area (Å²) in [4.78, 5) is 12.0. The number of amides is 1. The molecule has 0 aliphatic carbocycles. The van der Waals surface area contributed by atoms with Gasteiger partial charge in [0.25, 0.3) is 5.91 Å². The summed E-state index contributed by atoms with van der Waals surface area (Å²) in [6, 6.07) is 15.2. The first-order valence-corrected chi connectivity index (χ1v) is 7.15. The van der Waals surface area contributed by atoms with Crippen molar-refractivity contribution in [2.75, 3.05) is 13.7 Å². The molecule has 0 saturated carbocycles. The molecule has 0 heterocycles. The molecule has 0 saturated heterocycles. The SMILES string of the molecule is COc1cccc(CCNC(=O)c2cccc(Br)c2)c1. The third kappa shape index (κ3) is 4.10. The predicted molar refractivity (Wildman–Crippen MR) is 83.2 cm³/mol. The van der Waals surface area contributed by atoms with Gasteiger partial charge in [0.15, 0.2) is 0 Å². The van der Waals surface area contributed by atoms with Gasteiger partial charge >= 0.3 is 0 Å². The first-order valence-electron chi connectivity index (χ1n) is 6.36. The van der Waals surface area contributed by atoms with Gasteiger partial charge in [0.2, 0.25) is 0 Å². The maximum Gasteiger partial charge on any atom is 0.251 e. The van der Waals surface area contributed by atoms with Crippen molar-refractivity contribution in [3.63, 3.8) is 0 Å². The number of ether oxygens (including phenoxy) is 1. The Morgan fingerprint density at radius 3 is 2.75 bits per heavy atom. The first-order chi connectivity index (χ1) is 9.69. The van der Waals surface area contributed by atoms with E-state index in [2.05, 4.69) is 21.2 Å². The molecular weight excluding hydrogens is 318 g/mol. The Morgan fingerprint density at radius 1 is 1.20 bits per heavy atom. The quantitative estimate of drug-likeness (QED) is 0.910. The molecule has 0 radical (unpaired) electrons. The fourth-order valence-electron chi connectivity index (χ4n) is 1.88. The molecule has 3 nitrogen and oxygen atoms in total. The smallest absolute Gasteiger partial charge is 0.251 e. The molecule has 1 N–H and O–H groups in total. The molecule has 2 aromatic rings. The van der Waals surface area contributed by atoms with E-state index in [1.165, 1.54) is 0 Å². The molecule has 20 heavy (non-hydrogen) atoms. The number of nitrogens with one attached hydrogen (secondary N) is 1. The van der Waals surface area contributed by atoms with Crippen LogP contribution in [0.3, 0.4) is 0 Å². The summed E-state index contributed by atoms with van der Waals surface area (Å²) < 4.78 is 6.07. The van der Waals surface area contributed by atoms with Gasteiger partial charge < -0.3 is 10.1 Å². The van der Waals surface area contributed by atoms with Crippen LogP contribution in [0.5, 0.6) is 5.75 Å². The summed E-state index contributed by atoms with van der Waals surface area (Å²) in [5.74, 6) is 0.773. The Labute approximate surface area is 127 Å². The lowest BCUT2D eigenvalue weighted by Gasteiger charge is -2.07. The Kier molecular flexibility index (Phi) is 5.18. The zero-order valence-electron chi connectivity index (χ0n) is 11.2. The molecule has 0 aromatic heterocycles. The van der Waals surface area contributed by atoms with Crippen LogP contribution in [0.4, 0.5) is 0 Å². The third-order valence-corrected chi connectivity index (χ3v) is 3.41. The van der Waals surface area contributed by atoms with Crippen LogP contribution >= 0.6 is 15.9 Å². The average molecular weight is 334 g/mol. The third-order valence-electron chi connectivity index (χ3n) is 2.92. The van der Waals surface area contributed by atoms with Gasteiger partial charge in [-0.05, 0) is 42.3 Å². The van der Waals surface area contributed by atoms with Crippen LogP contribution in [-0.2, 0) is 6.42 Å². The van der Waals surface area contributed by atoms with Crippen molar-refractivity contribution in [1.82, 2.24) is 5.32 Å². The summed E-state index contributed by atoms with van der Waals surface area (Å²) >= 11 is 3.36. The second-order valence-electron chi connectivity index (χ2n) is 4.37. The highest BCUT2D eigenvalue weighted by molar-refractivity contribution is 9.10. The monoisotopic (exact) mass is 333 g/mol. The van der Waals surface area contributed by atoms with E-state index in [0.29, 0.717) is 12.1 Å². The predicted octanol–water partition coefficient (Wildman–Crippen LogP) is 3.43. The lowest BCUT2D eigenvalue weighted by atomic mass is 10.1. The Balaban J connectivity index is 1.88. The van der Waals surface area contributed by atoms with Gasteiger partial charge in [-0.3, -0.25) is 4.79 Å². The summed E-state index contributed by atoms with van der Waals surface area (Å²) in [7, 11) is 1.65. The normalized spacial score (nSPS) is 10.1. The van der Waals surface area contributed by atoms with E-state index in [-0.39, 0.29) is 5.91 Å². The standard InChI is InChI=1S/C16H16BrNO2/c1-20-15-7-2-4-12(10-15)8-9-18-16(19)13-5-3-6-14(17)11-13/h2-7,10-11H,8-9H2,1H3,(H,18,19). The van der Waals surface area contributed by atoms with Gasteiger partial charge in [-0.2, -0.15) is 0 Å². The van der Waals surface area contributed by atoms with E-state index in [1.807, 2.05) is 36.4 Å². The molecule has 0 aliphatic rings. The molecule has 0 bridgehead atoms. The fraction of sp³-hybridized carbons (Fsp3) is 0.188. The maximum atomic E-state index is 12.0. The molecular formula is C16H16BrNO2. The number of carbonyl (C=O) groups is 1. The van der Waals surface area contributed by atoms with E-state index in [0.717, 1.165) is 22.2 Å². The summed E-state index contributed by atoms with van der Waals surface area (Å²) in [5.41, 5.74) is 1.80. The second kappa shape index (κ2) is 7.10. The minimum absolute atomic E-state index is 0.0609. The summed E-state index contributed by atoms with van der Waals surface area (Å²) in [5, 5.41) is 2.91. The largest absolute Gasteiger partial charge is 0.497 e. The molecule has 0 aliphatic heterocycles. The second-order valence-corrected chi connectivity index (χ2v) is 5.28. The number of hydrogen-bond acceptors (Lipinski definition) is 2. The van der Waals surface area contributed by atoms with Crippen molar-refractivity contribution in [3.8, 4) is 5.75 Å². The van der Waals surface area contributed by atoms with Crippen molar-refractivity contribution < 1.29 is 9.53 Å². The van der Waals surface area contributed by atoms with E-state index >= 15 is 0 Å². The van der Waals surface area contributed by atoms with Crippen molar-refractivity contribution in [2.24, 2.45) is 0 Å². The van der Waals surface area contributed by atoms with Crippen LogP contribution in [0.1, 0.15) is 15.9 Å². The topological polar surface area (TPSA) is 38.3 Å². The van der Waals surface area contributed by atoms with E-state index in [1.54, 1.807) is 19.2 Å². The molecule has 0 unspecified atom stereocenters. The van der Waals surface area contributed by atoms with Gasteiger partial charge in [-0.15, -0.1) is 0 Å². The highest BCUT2D eigenvalue weighted by atomic mass is 79.9. The highest BCUT2D eigenvalue weighted by Gasteiger charge is 2.05. The molecule has 4 heteroatoms. The van der Waals surface area contributed by atoms with Crippen LogP contribution < -0.4 is 10.1 Å². The Hall–Kier alpha value is -1.81. The summed E-state index contributed by atoms with van der Waals surface area (Å²) in [6.07, 6.45) is 0.775. The summed E-state index contributed by atoms with van der Waals surface area (Å²) in [6.45, 7) is 0.596. The van der Waals surface area contributed by atoms with Crippen LogP contribution in [0, 0.1) is 0 Å². The molecule has 2 rings (SSSR count). The Bertz CT molecular complexity index is 599. The maximum absolute atomic E-state index is 12.0. The number of rotatable bonds is 5. The van der Waals surface area contributed by atoms with Crippen molar-refractivity contribution >= 4 is 21.8 Å². The minimum atomic E-state index is -0.0609. The number of methoxy groups -OCH3 is 1. The lowest BCUT2D eigenvalue weighted by Crippen LogP contribution is -2.25. The van der Waals surface area contributed by atoms with Gasteiger partial charge in [0.05, 0.1) is 7.11 Å². The first kappa shape index (κ1) is 14.6. The molecule has 0 spiro atoms. The zero-order chi connectivity index (χ0) is 14.4. The molecule has 1 amide bonds. The molecule has 0 atom stereocenters. The molecule has 0 fully saturated rings. The van der Waals surface area contributed by atoms with E-state index in [9.17, 15) is 4.79 Å². The highest BCUT2D eigenvalue weighted by Crippen LogP contribution is 2.13. The molecule has 2 aromatic carbocycles. The van der Waals surface area contributed by atoms with Crippen LogP contribution in [0.25, 0.3) is 0 Å². The van der Waals surface area contributed by atoms with Crippen molar-refractivity contribution in [3.05, 3.63) is 64.1 Å². The van der Waals surface area contributed by atoms with Crippen molar-refractivity contribution in [2.45, 2.75) is 6.42 Å². The van der Waals surface area contributed by atoms with Gasteiger partial charge in [-0.1, -0.05) is 34.1 Å². The van der Waals surface area contributed by atoms with Gasteiger partial charge in [-0.25, -0.2) is 0 Å². The number of halogens is 1.